The van der Waals surface area contributed by atoms with Crippen LogP contribution in [-0.2, 0) is 11.9 Å². The van der Waals surface area contributed by atoms with Crippen molar-refractivity contribution in [2.24, 2.45) is 0 Å². The minimum Gasteiger partial charge on any atom is -0.425 e. The van der Waals surface area contributed by atoms with Gasteiger partial charge < -0.3 is 4.42 Å². The van der Waals surface area contributed by atoms with E-state index in [4.69, 9.17) is 4.42 Å². The zero-order chi connectivity index (χ0) is 14.8. The number of benzene rings is 1. The van der Waals surface area contributed by atoms with Gasteiger partial charge in [-0.2, -0.15) is 13.2 Å². The molecule has 0 saturated heterocycles. The highest BCUT2D eigenvalue weighted by atomic mass is 32.2. The molecule has 0 radical (unpaired) electrons. The van der Waals surface area contributed by atoms with Crippen LogP contribution in [0, 0.1) is 6.92 Å². The third kappa shape index (κ3) is 3.75. The number of thioether (sulfide) groups is 1. The number of alkyl halides is 3. The molecule has 1 heterocycles. The number of hydrogen-bond donors (Lipinski definition) is 0. The maximum Gasteiger partial charge on any atom is 0.416 e. The molecule has 1 aromatic carbocycles. The molecule has 0 saturated carbocycles. The van der Waals surface area contributed by atoms with Crippen molar-refractivity contribution in [3.63, 3.8) is 0 Å². The minimum atomic E-state index is -4.30. The van der Waals surface area contributed by atoms with Crippen LogP contribution in [0.15, 0.2) is 28.7 Å². The lowest BCUT2D eigenvalue weighted by Crippen LogP contribution is -2.04. The fraction of sp³-hybridized carbons (Fsp3) is 0.385. The third-order valence-electron chi connectivity index (χ3n) is 2.73. The Balaban J connectivity index is 1.97. The Hall–Kier alpha value is -1.50. The van der Waals surface area contributed by atoms with E-state index in [1.54, 1.807) is 6.92 Å². The Morgan fingerprint density at radius 3 is 2.35 bits per heavy atom. The number of aryl methyl sites for hydroxylation is 1. The summed E-state index contributed by atoms with van der Waals surface area (Å²) in [5.41, 5.74) is 0.199. The van der Waals surface area contributed by atoms with Gasteiger partial charge >= 0.3 is 6.18 Å². The molecule has 20 heavy (non-hydrogen) atoms. The maximum atomic E-state index is 12.5. The first-order valence-electron chi connectivity index (χ1n) is 5.94. The lowest BCUT2D eigenvalue weighted by molar-refractivity contribution is -0.137. The molecule has 7 heteroatoms. The summed E-state index contributed by atoms with van der Waals surface area (Å²) < 4.78 is 42.6. The van der Waals surface area contributed by atoms with Crippen molar-refractivity contribution >= 4 is 11.8 Å². The summed E-state index contributed by atoms with van der Waals surface area (Å²) in [5, 5.41) is 7.64. The zero-order valence-corrected chi connectivity index (χ0v) is 11.8. The van der Waals surface area contributed by atoms with Crippen molar-refractivity contribution in [3.8, 4) is 0 Å². The van der Waals surface area contributed by atoms with E-state index in [2.05, 4.69) is 10.2 Å². The van der Waals surface area contributed by atoms with Gasteiger partial charge in [0.25, 0.3) is 0 Å². The lowest BCUT2D eigenvalue weighted by atomic mass is 10.1. The van der Waals surface area contributed by atoms with Gasteiger partial charge in [0.15, 0.2) is 0 Å². The van der Waals surface area contributed by atoms with Crippen molar-refractivity contribution < 1.29 is 17.6 Å². The summed E-state index contributed by atoms with van der Waals surface area (Å²) in [6.07, 6.45) is -4.30. The monoisotopic (exact) mass is 302 g/mol. The average Bonchev–Trinajstić information content (AvgIpc) is 2.81. The summed E-state index contributed by atoms with van der Waals surface area (Å²) >= 11 is 1.53. The van der Waals surface area contributed by atoms with Crippen molar-refractivity contribution in [2.45, 2.75) is 31.0 Å². The molecule has 0 N–H and O–H groups in total. The van der Waals surface area contributed by atoms with Gasteiger partial charge in [-0.15, -0.1) is 22.0 Å². The van der Waals surface area contributed by atoms with Gasteiger partial charge in [0, 0.05) is 12.2 Å². The first kappa shape index (κ1) is 14.9. The summed E-state index contributed by atoms with van der Waals surface area (Å²) in [5.74, 6) is 1.55. The van der Waals surface area contributed by atoms with E-state index in [-0.39, 0.29) is 5.25 Å². The van der Waals surface area contributed by atoms with Gasteiger partial charge in [0.2, 0.25) is 11.8 Å². The number of hydrogen-bond acceptors (Lipinski definition) is 4. The molecular weight excluding hydrogens is 289 g/mol. The van der Waals surface area contributed by atoms with Gasteiger partial charge in [0.1, 0.15) is 0 Å². The Morgan fingerprint density at radius 1 is 1.20 bits per heavy atom. The van der Waals surface area contributed by atoms with E-state index in [1.807, 2.05) is 6.92 Å². The van der Waals surface area contributed by atoms with Crippen molar-refractivity contribution in [2.75, 3.05) is 0 Å². The average molecular weight is 302 g/mol. The van der Waals surface area contributed by atoms with Crippen LogP contribution in [0.5, 0.6) is 0 Å². The Morgan fingerprint density at radius 2 is 1.85 bits per heavy atom. The van der Waals surface area contributed by atoms with Crippen molar-refractivity contribution in [3.05, 3.63) is 47.2 Å². The summed E-state index contributed by atoms with van der Waals surface area (Å²) in [6, 6.07) is 5.20. The molecule has 108 valence electrons. The lowest BCUT2D eigenvalue weighted by Gasteiger charge is -2.12. The largest absolute Gasteiger partial charge is 0.425 e. The summed E-state index contributed by atoms with van der Waals surface area (Å²) in [7, 11) is 0. The molecule has 3 nitrogen and oxygen atoms in total. The SMILES string of the molecule is Cc1nnc(CS[C@@H](C)c2ccc(C(F)(F)F)cc2)o1. The molecule has 0 aliphatic heterocycles. The number of rotatable bonds is 4. The molecule has 2 aromatic rings. The van der Waals surface area contributed by atoms with E-state index >= 15 is 0 Å². The van der Waals surface area contributed by atoms with E-state index in [9.17, 15) is 13.2 Å². The second-order valence-electron chi connectivity index (χ2n) is 4.29. The van der Waals surface area contributed by atoms with Crippen LogP contribution in [0.4, 0.5) is 13.2 Å². The predicted octanol–water partition coefficient (Wildman–Crippen LogP) is 4.39. The van der Waals surface area contributed by atoms with E-state index in [0.29, 0.717) is 17.5 Å². The topological polar surface area (TPSA) is 38.9 Å². The Labute approximate surface area is 118 Å². The molecule has 0 aliphatic carbocycles. The first-order valence-corrected chi connectivity index (χ1v) is 6.99. The van der Waals surface area contributed by atoms with Crippen LogP contribution in [0.3, 0.4) is 0 Å². The predicted molar refractivity (Wildman–Crippen MR) is 70.2 cm³/mol. The number of aromatic nitrogens is 2. The van der Waals surface area contributed by atoms with Gasteiger partial charge in [0.05, 0.1) is 11.3 Å². The third-order valence-corrected chi connectivity index (χ3v) is 3.92. The molecule has 2 rings (SSSR count). The van der Waals surface area contributed by atoms with Crippen LogP contribution in [0.2, 0.25) is 0 Å². The number of halogens is 3. The zero-order valence-electron chi connectivity index (χ0n) is 10.9. The molecule has 0 bridgehead atoms. The highest BCUT2D eigenvalue weighted by molar-refractivity contribution is 7.98. The first-order chi connectivity index (χ1) is 9.36. The standard InChI is InChI=1S/C13H13F3N2OS/c1-8(20-7-12-18-17-9(2)19-12)10-3-5-11(6-4-10)13(14,15)16/h3-6,8H,7H2,1-2H3/t8-/m0/s1. The molecule has 1 aromatic heterocycles. The van der Waals surface area contributed by atoms with Crippen molar-refractivity contribution in [1.29, 1.82) is 0 Å². The van der Waals surface area contributed by atoms with Crippen LogP contribution < -0.4 is 0 Å². The Kier molecular flexibility index (Phi) is 4.37. The minimum absolute atomic E-state index is 0.0458. The fourth-order valence-corrected chi connectivity index (χ4v) is 2.49. The number of nitrogens with zero attached hydrogens (tertiary/aromatic N) is 2. The van der Waals surface area contributed by atoms with E-state index < -0.39 is 11.7 Å². The van der Waals surface area contributed by atoms with Crippen LogP contribution in [-0.4, -0.2) is 10.2 Å². The van der Waals surface area contributed by atoms with Gasteiger partial charge in [-0.25, -0.2) is 0 Å². The van der Waals surface area contributed by atoms with E-state index in [0.717, 1.165) is 17.7 Å². The molecule has 1 atom stereocenters. The molecule has 0 unspecified atom stereocenters. The summed E-state index contributed by atoms with van der Waals surface area (Å²) in [4.78, 5) is 0. The molecule has 0 amide bonds. The van der Waals surface area contributed by atoms with E-state index in [1.165, 1.54) is 23.9 Å². The van der Waals surface area contributed by atoms with Gasteiger partial charge in [-0.1, -0.05) is 12.1 Å². The molecule has 0 fully saturated rings. The molecule has 0 aliphatic rings. The molecular formula is C13H13F3N2OS. The smallest absolute Gasteiger partial charge is 0.416 e. The summed E-state index contributed by atoms with van der Waals surface area (Å²) in [6.45, 7) is 3.64. The highest BCUT2D eigenvalue weighted by Gasteiger charge is 2.30. The fourth-order valence-electron chi connectivity index (χ4n) is 1.63. The highest BCUT2D eigenvalue weighted by Crippen LogP contribution is 2.34. The quantitative estimate of drug-likeness (QED) is 0.839. The van der Waals surface area contributed by atoms with Crippen LogP contribution in [0.1, 0.15) is 35.1 Å². The van der Waals surface area contributed by atoms with Crippen LogP contribution >= 0.6 is 11.8 Å². The molecule has 0 spiro atoms. The normalized spacial score (nSPS) is 13.4. The van der Waals surface area contributed by atoms with Gasteiger partial charge in [-0.05, 0) is 24.6 Å². The maximum absolute atomic E-state index is 12.5. The second kappa shape index (κ2) is 5.87. The second-order valence-corrected chi connectivity index (χ2v) is 5.62. The van der Waals surface area contributed by atoms with Crippen molar-refractivity contribution in [1.82, 2.24) is 10.2 Å². The van der Waals surface area contributed by atoms with Gasteiger partial charge in [-0.3, -0.25) is 0 Å². The van der Waals surface area contributed by atoms with Crippen LogP contribution in [0.25, 0.3) is 0 Å². The Bertz CT molecular complexity index is 566.